The highest BCUT2D eigenvalue weighted by molar-refractivity contribution is 4.81. The van der Waals surface area contributed by atoms with Crippen molar-refractivity contribution in [2.45, 2.75) is 104 Å². The van der Waals surface area contributed by atoms with Crippen molar-refractivity contribution in [2.24, 2.45) is 11.7 Å². The number of allylic oxidation sites excluding steroid dienone is 2. The van der Waals surface area contributed by atoms with E-state index >= 15 is 0 Å². The van der Waals surface area contributed by atoms with Crippen molar-refractivity contribution in [3.05, 3.63) is 12.2 Å². The average molecular weight is 296 g/mol. The molecule has 0 aromatic heterocycles. The van der Waals surface area contributed by atoms with Gasteiger partial charge in [-0.25, -0.2) is 0 Å². The molecular formula is C20H41N. The first kappa shape index (κ1) is 20.7. The highest BCUT2D eigenvalue weighted by atomic mass is 14.5. The zero-order valence-corrected chi connectivity index (χ0v) is 14.9. The Morgan fingerprint density at radius 2 is 1.05 bits per heavy atom. The highest BCUT2D eigenvalue weighted by Crippen LogP contribution is 2.12. The van der Waals surface area contributed by atoms with Crippen LogP contribution in [0.15, 0.2) is 12.2 Å². The van der Waals surface area contributed by atoms with E-state index in [1.807, 2.05) is 0 Å². The van der Waals surface area contributed by atoms with Gasteiger partial charge in [0.25, 0.3) is 0 Å². The minimum atomic E-state index is 0.862. The molecule has 2 N–H and O–H groups in total. The molecule has 0 unspecified atom stereocenters. The summed E-state index contributed by atoms with van der Waals surface area (Å²) < 4.78 is 0. The summed E-state index contributed by atoms with van der Waals surface area (Å²) in [5, 5.41) is 0. The molecular weight excluding hydrogens is 254 g/mol. The lowest BCUT2D eigenvalue weighted by atomic mass is 10.0. The number of hydrogen-bond acceptors (Lipinski definition) is 1. The van der Waals surface area contributed by atoms with E-state index in [0.717, 1.165) is 12.5 Å². The monoisotopic (exact) mass is 295 g/mol. The predicted molar refractivity (Wildman–Crippen MR) is 97.7 cm³/mol. The van der Waals surface area contributed by atoms with Gasteiger partial charge in [-0.05, 0) is 44.6 Å². The molecule has 0 amide bonds. The van der Waals surface area contributed by atoms with E-state index in [2.05, 4.69) is 26.0 Å². The van der Waals surface area contributed by atoms with Gasteiger partial charge in [0.1, 0.15) is 0 Å². The van der Waals surface area contributed by atoms with E-state index in [1.54, 1.807) is 0 Å². The Bertz CT molecular complexity index is 208. The van der Waals surface area contributed by atoms with Crippen LogP contribution in [0.25, 0.3) is 0 Å². The topological polar surface area (TPSA) is 26.0 Å². The maximum Gasteiger partial charge on any atom is -0.00773 e. The fourth-order valence-electron chi connectivity index (χ4n) is 2.69. The first-order valence-electron chi connectivity index (χ1n) is 9.62. The van der Waals surface area contributed by atoms with Gasteiger partial charge < -0.3 is 5.73 Å². The second-order valence-electron chi connectivity index (χ2n) is 6.91. The number of rotatable bonds is 16. The van der Waals surface area contributed by atoms with Gasteiger partial charge in [0.15, 0.2) is 0 Å². The fraction of sp³-hybridized carbons (Fsp3) is 0.900. The molecule has 0 fully saturated rings. The van der Waals surface area contributed by atoms with Crippen LogP contribution in [0.3, 0.4) is 0 Å². The highest BCUT2D eigenvalue weighted by Gasteiger charge is 1.94. The van der Waals surface area contributed by atoms with Crippen LogP contribution in [-0.2, 0) is 0 Å². The van der Waals surface area contributed by atoms with Crippen molar-refractivity contribution in [3.8, 4) is 0 Å². The van der Waals surface area contributed by atoms with Gasteiger partial charge in [-0.3, -0.25) is 0 Å². The molecule has 0 saturated carbocycles. The van der Waals surface area contributed by atoms with E-state index in [0.29, 0.717) is 0 Å². The molecule has 1 nitrogen and oxygen atoms in total. The van der Waals surface area contributed by atoms with Crippen molar-refractivity contribution in [2.75, 3.05) is 6.54 Å². The largest absolute Gasteiger partial charge is 0.330 e. The third-order valence-corrected chi connectivity index (χ3v) is 4.14. The molecule has 0 aliphatic heterocycles. The molecule has 0 aromatic rings. The standard InChI is InChI=1S/C20H41N/c1-20(2)18-16-14-12-10-8-6-4-3-5-7-9-11-13-15-17-19-21/h3-4,20H,5-19,21H2,1-2H3. The molecule has 0 bridgehead atoms. The molecule has 0 rings (SSSR count). The fourth-order valence-corrected chi connectivity index (χ4v) is 2.69. The van der Waals surface area contributed by atoms with Gasteiger partial charge in [0.05, 0.1) is 0 Å². The molecule has 126 valence electrons. The van der Waals surface area contributed by atoms with Gasteiger partial charge in [0.2, 0.25) is 0 Å². The van der Waals surface area contributed by atoms with Crippen molar-refractivity contribution in [3.63, 3.8) is 0 Å². The first-order chi connectivity index (χ1) is 10.3. The van der Waals surface area contributed by atoms with Crippen molar-refractivity contribution in [1.29, 1.82) is 0 Å². The zero-order chi connectivity index (χ0) is 15.6. The zero-order valence-electron chi connectivity index (χ0n) is 14.9. The predicted octanol–water partition coefficient (Wildman–Crippen LogP) is 6.62. The summed E-state index contributed by atoms with van der Waals surface area (Å²) in [4.78, 5) is 0. The van der Waals surface area contributed by atoms with Crippen LogP contribution in [-0.4, -0.2) is 6.54 Å². The summed E-state index contributed by atoms with van der Waals surface area (Å²) in [6, 6.07) is 0. The van der Waals surface area contributed by atoms with Crippen LogP contribution < -0.4 is 5.73 Å². The van der Waals surface area contributed by atoms with Gasteiger partial charge in [-0.15, -0.1) is 0 Å². The summed E-state index contributed by atoms with van der Waals surface area (Å²) in [5.41, 5.74) is 5.49. The third-order valence-electron chi connectivity index (χ3n) is 4.14. The SMILES string of the molecule is CC(C)CCCCCCCC=CCCCCCCCCN. The molecule has 0 atom stereocenters. The Morgan fingerprint density at radius 3 is 1.52 bits per heavy atom. The van der Waals surface area contributed by atoms with Crippen molar-refractivity contribution >= 4 is 0 Å². The Labute approximate surface area is 134 Å². The molecule has 0 heterocycles. The minimum Gasteiger partial charge on any atom is -0.330 e. The summed E-state index contributed by atoms with van der Waals surface area (Å²) in [6.07, 6.45) is 24.0. The number of nitrogens with two attached hydrogens (primary N) is 1. The molecule has 0 radical (unpaired) electrons. The Morgan fingerprint density at radius 1 is 0.619 bits per heavy atom. The van der Waals surface area contributed by atoms with Gasteiger partial charge >= 0.3 is 0 Å². The molecule has 0 aliphatic carbocycles. The van der Waals surface area contributed by atoms with E-state index in [4.69, 9.17) is 5.73 Å². The molecule has 0 spiro atoms. The van der Waals surface area contributed by atoms with E-state index in [9.17, 15) is 0 Å². The van der Waals surface area contributed by atoms with Crippen LogP contribution in [0.1, 0.15) is 104 Å². The number of unbranched alkanes of at least 4 members (excludes halogenated alkanes) is 11. The second kappa shape index (κ2) is 17.8. The quantitative estimate of drug-likeness (QED) is 0.251. The molecule has 0 aliphatic rings. The van der Waals surface area contributed by atoms with Crippen LogP contribution in [0, 0.1) is 5.92 Å². The lowest BCUT2D eigenvalue weighted by Crippen LogP contribution is -1.97. The van der Waals surface area contributed by atoms with E-state index < -0.39 is 0 Å². The maximum atomic E-state index is 5.49. The average Bonchev–Trinajstić information content (AvgIpc) is 2.46. The van der Waals surface area contributed by atoms with E-state index in [-0.39, 0.29) is 0 Å². The van der Waals surface area contributed by atoms with Crippen LogP contribution >= 0.6 is 0 Å². The second-order valence-corrected chi connectivity index (χ2v) is 6.91. The normalized spacial score (nSPS) is 11.8. The minimum absolute atomic E-state index is 0.862. The van der Waals surface area contributed by atoms with Crippen LogP contribution in [0.2, 0.25) is 0 Å². The summed E-state index contributed by atoms with van der Waals surface area (Å²) >= 11 is 0. The Hall–Kier alpha value is -0.300. The van der Waals surface area contributed by atoms with Crippen molar-refractivity contribution in [1.82, 2.24) is 0 Å². The lowest BCUT2D eigenvalue weighted by molar-refractivity contribution is 0.516. The summed E-state index contributed by atoms with van der Waals surface area (Å²) in [5.74, 6) is 0.883. The smallest absolute Gasteiger partial charge is 0.00773 e. The Balaban J connectivity index is 3.05. The van der Waals surface area contributed by atoms with Crippen LogP contribution in [0.5, 0.6) is 0 Å². The molecule has 0 aromatic carbocycles. The molecule has 0 saturated heterocycles. The van der Waals surface area contributed by atoms with Gasteiger partial charge in [-0.1, -0.05) is 83.8 Å². The van der Waals surface area contributed by atoms with Gasteiger partial charge in [0, 0.05) is 0 Å². The summed E-state index contributed by atoms with van der Waals surface area (Å²) in [7, 11) is 0. The maximum absolute atomic E-state index is 5.49. The van der Waals surface area contributed by atoms with E-state index in [1.165, 1.54) is 89.9 Å². The van der Waals surface area contributed by atoms with Crippen LogP contribution in [0.4, 0.5) is 0 Å². The third kappa shape index (κ3) is 19.7. The summed E-state index contributed by atoms with van der Waals surface area (Å²) in [6.45, 7) is 5.51. The first-order valence-corrected chi connectivity index (χ1v) is 9.62. The molecule has 1 heteroatoms. The lowest BCUT2D eigenvalue weighted by Gasteiger charge is -2.03. The van der Waals surface area contributed by atoms with Gasteiger partial charge in [-0.2, -0.15) is 0 Å². The number of hydrogen-bond donors (Lipinski definition) is 1. The molecule has 21 heavy (non-hydrogen) atoms. The van der Waals surface area contributed by atoms with Crippen molar-refractivity contribution < 1.29 is 0 Å². The Kier molecular flexibility index (Phi) is 17.5.